The molecule has 2 aromatic heterocycles. The summed E-state index contributed by atoms with van der Waals surface area (Å²) in [6.07, 6.45) is 2.46. The second-order valence-electron chi connectivity index (χ2n) is 10.2. The summed E-state index contributed by atoms with van der Waals surface area (Å²) in [6.45, 7) is 1.72. The monoisotopic (exact) mass is 593 g/mol. The minimum atomic E-state index is -3.43. The highest BCUT2D eigenvalue weighted by molar-refractivity contribution is 7.91. The van der Waals surface area contributed by atoms with Crippen LogP contribution in [0.3, 0.4) is 0 Å². The van der Waals surface area contributed by atoms with E-state index in [2.05, 4.69) is 21.7 Å². The van der Waals surface area contributed by atoms with Gasteiger partial charge in [0.1, 0.15) is 11.8 Å². The van der Waals surface area contributed by atoms with Crippen LogP contribution in [0.2, 0.25) is 0 Å². The number of nitrogens with one attached hydrogen (secondary N) is 3. The molecule has 216 valence electrons. The van der Waals surface area contributed by atoms with Crippen LogP contribution >= 0.6 is 11.3 Å². The Bertz CT molecular complexity index is 1600. The molecule has 3 N–H and O–H groups in total. The van der Waals surface area contributed by atoms with E-state index in [4.69, 9.17) is 0 Å². The molecule has 2 heterocycles. The van der Waals surface area contributed by atoms with Gasteiger partial charge in [0.15, 0.2) is 9.84 Å². The number of thiophene rings is 1. The van der Waals surface area contributed by atoms with Crippen LogP contribution in [-0.2, 0) is 25.8 Å². The molecule has 0 saturated heterocycles. The molecular formula is C31H35N3O5S2. The van der Waals surface area contributed by atoms with Crippen LogP contribution in [0.5, 0.6) is 0 Å². The van der Waals surface area contributed by atoms with Gasteiger partial charge >= 0.3 is 0 Å². The van der Waals surface area contributed by atoms with Gasteiger partial charge in [-0.3, -0.25) is 14.4 Å². The Morgan fingerprint density at radius 3 is 2.37 bits per heavy atom. The molecule has 4 aromatic rings. The first-order valence-electron chi connectivity index (χ1n) is 13.6. The van der Waals surface area contributed by atoms with Gasteiger partial charge in [0, 0.05) is 35.8 Å². The van der Waals surface area contributed by atoms with E-state index in [0.29, 0.717) is 24.3 Å². The van der Waals surface area contributed by atoms with Crippen molar-refractivity contribution in [3.63, 3.8) is 0 Å². The third-order valence-electron chi connectivity index (χ3n) is 7.06. The van der Waals surface area contributed by atoms with E-state index in [1.165, 1.54) is 18.3 Å². The van der Waals surface area contributed by atoms with Crippen LogP contribution in [-0.4, -0.2) is 55.1 Å². The summed E-state index contributed by atoms with van der Waals surface area (Å²) in [7, 11) is -3.43. The number of carbonyl (C=O) groups excluding carboxylic acids is 3. The summed E-state index contributed by atoms with van der Waals surface area (Å²) in [5.74, 6) is -0.891. The molecule has 0 bridgehead atoms. The molecular weight excluding hydrogens is 558 g/mol. The second-order valence-corrected chi connectivity index (χ2v) is 13.5. The van der Waals surface area contributed by atoms with E-state index in [1.807, 2.05) is 48.5 Å². The van der Waals surface area contributed by atoms with E-state index in [9.17, 15) is 22.8 Å². The first-order valence-corrected chi connectivity index (χ1v) is 16.4. The number of fused-ring (bicyclic) bond motifs is 1. The van der Waals surface area contributed by atoms with E-state index >= 15 is 0 Å². The fourth-order valence-electron chi connectivity index (χ4n) is 4.99. The van der Waals surface area contributed by atoms with Crippen LogP contribution in [0.1, 0.15) is 47.8 Å². The highest BCUT2D eigenvalue weighted by Crippen LogP contribution is 2.30. The van der Waals surface area contributed by atoms with Gasteiger partial charge in [-0.25, -0.2) is 8.42 Å². The Hall–Kier alpha value is -3.76. The van der Waals surface area contributed by atoms with Crippen LogP contribution in [0.15, 0.2) is 72.1 Å². The summed E-state index contributed by atoms with van der Waals surface area (Å²) in [6, 6.07) is 20.7. The zero-order chi connectivity index (χ0) is 29.4. The number of hydrogen-bond donors (Lipinski definition) is 3. The first-order chi connectivity index (χ1) is 19.6. The fourth-order valence-corrected chi connectivity index (χ4v) is 6.75. The van der Waals surface area contributed by atoms with Crippen molar-refractivity contribution in [2.45, 2.75) is 50.3 Å². The molecule has 2 amide bonds. The smallest absolute Gasteiger partial charge is 0.261 e. The van der Waals surface area contributed by atoms with Crippen molar-refractivity contribution in [1.82, 2.24) is 15.6 Å². The summed E-state index contributed by atoms with van der Waals surface area (Å²) < 4.78 is 24.4. The Morgan fingerprint density at radius 2 is 1.68 bits per heavy atom. The number of amides is 2. The number of Topliss-reactive ketones (excluding diaryl/α,β-unsaturated/α-hetero) is 1. The van der Waals surface area contributed by atoms with Gasteiger partial charge in [0.25, 0.3) is 5.91 Å². The van der Waals surface area contributed by atoms with Crippen molar-refractivity contribution in [1.29, 1.82) is 0 Å². The van der Waals surface area contributed by atoms with Crippen LogP contribution in [0.4, 0.5) is 0 Å². The van der Waals surface area contributed by atoms with Crippen LogP contribution in [0.25, 0.3) is 22.2 Å². The predicted octanol–water partition coefficient (Wildman–Crippen LogP) is 4.92. The molecule has 0 spiro atoms. The molecule has 2 aromatic carbocycles. The third kappa shape index (κ3) is 8.14. The number of benzene rings is 2. The average Bonchev–Trinajstić information content (AvgIpc) is 3.60. The summed E-state index contributed by atoms with van der Waals surface area (Å²) in [4.78, 5) is 41.7. The van der Waals surface area contributed by atoms with E-state index < -0.39 is 21.1 Å². The van der Waals surface area contributed by atoms with Crippen molar-refractivity contribution >= 4 is 49.7 Å². The second kappa shape index (κ2) is 13.7. The third-order valence-corrected chi connectivity index (χ3v) is 9.54. The maximum absolute atomic E-state index is 13.3. The number of para-hydroxylation sites is 1. The van der Waals surface area contributed by atoms with Crippen molar-refractivity contribution < 1.29 is 22.8 Å². The Balaban J connectivity index is 1.46. The first kappa shape index (κ1) is 30.2. The molecule has 1 unspecified atom stereocenters. The fraction of sp³-hybridized carbons (Fsp3) is 0.323. The number of carbonyl (C=O) groups is 3. The molecule has 0 aliphatic carbocycles. The highest BCUT2D eigenvalue weighted by atomic mass is 32.2. The van der Waals surface area contributed by atoms with Gasteiger partial charge in [0.2, 0.25) is 5.91 Å². The topological polar surface area (TPSA) is 125 Å². The predicted molar refractivity (Wildman–Crippen MR) is 164 cm³/mol. The Kier molecular flexibility index (Phi) is 10.1. The van der Waals surface area contributed by atoms with Crippen LogP contribution < -0.4 is 10.6 Å². The SMILES string of the molecule is CC(=O)CC(CCC[C@H](NC(=O)c1cccs1)C(=O)NCCc1c(-c2ccccc2)[nH]c2ccccc12)S(C)(=O)=O. The number of ketones is 1. The van der Waals surface area contributed by atoms with E-state index in [0.717, 1.165) is 34.0 Å². The number of H-pyrrole nitrogens is 1. The van der Waals surface area contributed by atoms with Gasteiger partial charge in [-0.15, -0.1) is 11.3 Å². The average molecular weight is 594 g/mol. The lowest BCUT2D eigenvalue weighted by Crippen LogP contribution is -2.47. The molecule has 0 radical (unpaired) electrons. The van der Waals surface area contributed by atoms with Crippen LogP contribution in [0, 0.1) is 0 Å². The van der Waals surface area contributed by atoms with Gasteiger partial charge in [0.05, 0.1) is 10.1 Å². The number of aromatic amines is 1. The minimum absolute atomic E-state index is 0.0639. The zero-order valence-electron chi connectivity index (χ0n) is 23.2. The number of hydrogen-bond acceptors (Lipinski definition) is 6. The zero-order valence-corrected chi connectivity index (χ0v) is 24.8. The van der Waals surface area contributed by atoms with Crippen molar-refractivity contribution in [2.75, 3.05) is 12.8 Å². The molecule has 0 aliphatic heterocycles. The molecule has 0 saturated carbocycles. The number of aromatic nitrogens is 1. The molecule has 10 heteroatoms. The minimum Gasteiger partial charge on any atom is -0.354 e. The van der Waals surface area contributed by atoms with E-state index in [1.54, 1.807) is 17.5 Å². The maximum atomic E-state index is 13.3. The lowest BCUT2D eigenvalue weighted by molar-refractivity contribution is -0.123. The molecule has 41 heavy (non-hydrogen) atoms. The molecule has 2 atom stereocenters. The maximum Gasteiger partial charge on any atom is 0.261 e. The Morgan fingerprint density at radius 1 is 0.951 bits per heavy atom. The lowest BCUT2D eigenvalue weighted by atomic mass is 10.0. The highest BCUT2D eigenvalue weighted by Gasteiger charge is 2.26. The molecule has 0 fully saturated rings. The lowest BCUT2D eigenvalue weighted by Gasteiger charge is -2.20. The summed E-state index contributed by atoms with van der Waals surface area (Å²) in [5.41, 5.74) is 4.16. The molecule has 4 rings (SSSR count). The van der Waals surface area contributed by atoms with E-state index in [-0.39, 0.29) is 36.9 Å². The quantitative estimate of drug-likeness (QED) is 0.192. The van der Waals surface area contributed by atoms with Gasteiger partial charge < -0.3 is 15.6 Å². The number of sulfone groups is 1. The van der Waals surface area contributed by atoms with Gasteiger partial charge in [-0.05, 0) is 61.2 Å². The normalized spacial score (nSPS) is 13.0. The largest absolute Gasteiger partial charge is 0.354 e. The number of rotatable bonds is 14. The molecule has 8 nitrogen and oxygen atoms in total. The standard InChI is InChI=1S/C31H35N3O5S2/c1-21(35)20-23(41(2,38)39)12-8-15-27(34-31(37)28-16-9-19-40-28)30(36)32-18-17-25-24-13-6-7-14-26(24)33-29(25)22-10-4-3-5-11-22/h3-7,9-11,13-14,16,19,23,27,33H,8,12,15,17-18,20H2,1-2H3,(H,32,36)(H,34,37)/t23?,27-/m0/s1. The van der Waals surface area contributed by atoms with Crippen molar-refractivity contribution in [3.8, 4) is 11.3 Å². The Labute approximate surface area is 244 Å². The summed E-state index contributed by atoms with van der Waals surface area (Å²) in [5, 5.41) is 7.86. The van der Waals surface area contributed by atoms with Gasteiger partial charge in [-0.2, -0.15) is 0 Å². The van der Waals surface area contributed by atoms with Gasteiger partial charge in [-0.1, -0.05) is 54.6 Å². The van der Waals surface area contributed by atoms with Crippen molar-refractivity contribution in [2.24, 2.45) is 0 Å². The molecule has 0 aliphatic rings. The summed E-state index contributed by atoms with van der Waals surface area (Å²) >= 11 is 1.28. The van der Waals surface area contributed by atoms with Crippen molar-refractivity contribution in [3.05, 3.63) is 82.6 Å².